The molecule has 2 N–H and O–H groups in total. The highest BCUT2D eigenvalue weighted by Gasteiger charge is 2.30. The number of hydrogen-bond acceptors (Lipinski definition) is 6. The number of nitrogens with one attached hydrogen (secondary N) is 2. The molecule has 8 heteroatoms. The molecule has 1 aromatic carbocycles. The van der Waals surface area contributed by atoms with Crippen molar-refractivity contribution in [3.8, 4) is 6.07 Å². The summed E-state index contributed by atoms with van der Waals surface area (Å²) in [6, 6.07) is 9.89. The maximum Gasteiger partial charge on any atom is 0.253 e. The van der Waals surface area contributed by atoms with Gasteiger partial charge in [-0.2, -0.15) is 5.26 Å². The van der Waals surface area contributed by atoms with Gasteiger partial charge in [0.15, 0.2) is 0 Å². The van der Waals surface area contributed by atoms with Crippen LogP contribution in [0.5, 0.6) is 0 Å². The largest absolute Gasteiger partial charge is 0.382 e. The van der Waals surface area contributed by atoms with Crippen LogP contribution < -0.4 is 10.6 Å². The van der Waals surface area contributed by atoms with Crippen molar-refractivity contribution in [1.29, 1.82) is 5.26 Å². The van der Waals surface area contributed by atoms with Crippen LogP contribution in [0.1, 0.15) is 36.0 Å². The molecular weight excluding hydrogens is 392 g/mol. The van der Waals surface area contributed by atoms with Gasteiger partial charge in [-0.05, 0) is 49.9 Å². The number of carbonyl (C=O) groups is 2. The zero-order valence-corrected chi connectivity index (χ0v) is 17.8. The highest BCUT2D eigenvalue weighted by molar-refractivity contribution is 6.08. The van der Waals surface area contributed by atoms with E-state index in [1.807, 2.05) is 24.3 Å². The third-order valence-electron chi connectivity index (χ3n) is 6.27. The van der Waals surface area contributed by atoms with Gasteiger partial charge < -0.3 is 15.5 Å². The number of aromatic nitrogens is 1. The number of pyridine rings is 1. The molecule has 0 unspecified atom stereocenters. The van der Waals surface area contributed by atoms with Crippen LogP contribution in [0.4, 0.5) is 5.69 Å². The van der Waals surface area contributed by atoms with Crippen molar-refractivity contribution in [2.75, 3.05) is 38.5 Å². The quantitative estimate of drug-likeness (QED) is 0.767. The summed E-state index contributed by atoms with van der Waals surface area (Å²) in [6.45, 7) is 2.75. The number of piperidine rings is 1. The van der Waals surface area contributed by atoms with Crippen molar-refractivity contribution in [2.24, 2.45) is 0 Å². The fourth-order valence-corrected chi connectivity index (χ4v) is 4.55. The second-order valence-electron chi connectivity index (χ2n) is 8.21. The number of nitriles is 1. The molecule has 2 aliphatic rings. The molecule has 2 fully saturated rings. The Morgan fingerprint density at radius 1 is 1.19 bits per heavy atom. The predicted octanol–water partition coefficient (Wildman–Crippen LogP) is 1.99. The van der Waals surface area contributed by atoms with Crippen molar-refractivity contribution < 1.29 is 9.59 Å². The minimum atomic E-state index is -0.258. The summed E-state index contributed by atoms with van der Waals surface area (Å²) in [5, 5.41) is 16.4. The first-order valence-corrected chi connectivity index (χ1v) is 10.9. The summed E-state index contributed by atoms with van der Waals surface area (Å²) in [4.78, 5) is 33.1. The topological polar surface area (TPSA) is 101 Å². The lowest BCUT2D eigenvalue weighted by Crippen LogP contribution is -2.46. The van der Waals surface area contributed by atoms with Gasteiger partial charge in [0.25, 0.3) is 5.91 Å². The van der Waals surface area contributed by atoms with Crippen molar-refractivity contribution in [3.05, 3.63) is 36.0 Å². The van der Waals surface area contributed by atoms with Gasteiger partial charge in [0.1, 0.15) is 6.04 Å². The van der Waals surface area contributed by atoms with E-state index in [0.717, 1.165) is 49.8 Å². The number of likely N-dealkylation sites (tertiary alicyclic amines) is 2. The van der Waals surface area contributed by atoms with Crippen LogP contribution in [0, 0.1) is 11.3 Å². The average molecular weight is 421 g/mol. The van der Waals surface area contributed by atoms with Crippen molar-refractivity contribution in [3.63, 3.8) is 0 Å². The Kier molecular flexibility index (Phi) is 6.33. The van der Waals surface area contributed by atoms with Gasteiger partial charge in [0.05, 0.1) is 23.7 Å². The third kappa shape index (κ3) is 4.47. The zero-order chi connectivity index (χ0) is 21.8. The summed E-state index contributed by atoms with van der Waals surface area (Å²) in [5.74, 6) is -0.0813. The monoisotopic (exact) mass is 420 g/mol. The molecule has 0 saturated carbocycles. The van der Waals surface area contributed by atoms with E-state index >= 15 is 0 Å². The van der Waals surface area contributed by atoms with Crippen LogP contribution in [-0.4, -0.2) is 71.9 Å². The first kappa shape index (κ1) is 21.1. The van der Waals surface area contributed by atoms with Gasteiger partial charge in [-0.15, -0.1) is 0 Å². The minimum absolute atomic E-state index is 0.0670. The van der Waals surface area contributed by atoms with Gasteiger partial charge in [0.2, 0.25) is 5.91 Å². The fraction of sp³-hybridized carbons (Fsp3) is 0.478. The lowest BCUT2D eigenvalue weighted by Gasteiger charge is -2.33. The Bertz CT molecular complexity index is 1010. The molecule has 1 aromatic heterocycles. The molecule has 31 heavy (non-hydrogen) atoms. The SMILES string of the molecule is CNC(=O)c1ccc(NC2CCN(CC(=O)N3CCC[C@H]3C#N)CC2)c2cccnc12. The molecule has 0 aliphatic carbocycles. The Balaban J connectivity index is 1.37. The molecule has 0 spiro atoms. The molecule has 0 bridgehead atoms. The van der Waals surface area contributed by atoms with E-state index in [0.29, 0.717) is 30.2 Å². The lowest BCUT2D eigenvalue weighted by molar-refractivity contribution is -0.132. The standard InChI is InChI=1S/C23H28N6O2/c1-25-23(31)19-6-7-20(18-5-2-10-26-22(18)19)27-16-8-12-28(13-9-16)15-21(30)29-11-3-4-17(29)14-24/h2,5-7,10,16-17,27H,3-4,8-9,11-13,15H2,1H3,(H,25,31)/t17-/m0/s1. The van der Waals surface area contributed by atoms with Gasteiger partial charge in [-0.1, -0.05) is 0 Å². The van der Waals surface area contributed by atoms with Crippen LogP contribution in [0.25, 0.3) is 10.9 Å². The summed E-state index contributed by atoms with van der Waals surface area (Å²) >= 11 is 0. The number of anilines is 1. The lowest BCUT2D eigenvalue weighted by atomic mass is 10.0. The zero-order valence-electron chi connectivity index (χ0n) is 17.8. The molecule has 2 aliphatic heterocycles. The number of rotatable bonds is 5. The number of carbonyl (C=O) groups excluding carboxylic acids is 2. The van der Waals surface area contributed by atoms with Gasteiger partial charge in [-0.25, -0.2) is 0 Å². The van der Waals surface area contributed by atoms with Crippen molar-refractivity contribution in [2.45, 2.75) is 37.8 Å². The van der Waals surface area contributed by atoms with E-state index in [9.17, 15) is 14.9 Å². The van der Waals surface area contributed by atoms with E-state index in [4.69, 9.17) is 0 Å². The normalized spacial score (nSPS) is 19.9. The van der Waals surface area contributed by atoms with E-state index in [-0.39, 0.29) is 17.9 Å². The van der Waals surface area contributed by atoms with E-state index in [2.05, 4.69) is 26.6 Å². The third-order valence-corrected chi connectivity index (χ3v) is 6.27. The molecule has 4 rings (SSSR count). The van der Waals surface area contributed by atoms with Crippen molar-refractivity contribution in [1.82, 2.24) is 20.1 Å². The second-order valence-corrected chi connectivity index (χ2v) is 8.21. The Morgan fingerprint density at radius 2 is 2.00 bits per heavy atom. The highest BCUT2D eigenvalue weighted by Crippen LogP contribution is 2.27. The molecule has 8 nitrogen and oxygen atoms in total. The summed E-state index contributed by atoms with van der Waals surface area (Å²) in [7, 11) is 1.62. The van der Waals surface area contributed by atoms with Crippen LogP contribution in [-0.2, 0) is 4.79 Å². The Morgan fingerprint density at radius 3 is 2.74 bits per heavy atom. The van der Waals surface area contributed by atoms with Gasteiger partial charge in [-0.3, -0.25) is 19.5 Å². The van der Waals surface area contributed by atoms with E-state index in [1.54, 1.807) is 18.1 Å². The Labute approximate surface area is 182 Å². The summed E-state index contributed by atoms with van der Waals surface area (Å²) < 4.78 is 0. The fourth-order valence-electron chi connectivity index (χ4n) is 4.55. The van der Waals surface area contributed by atoms with Crippen LogP contribution in [0.15, 0.2) is 30.5 Å². The molecular formula is C23H28N6O2. The smallest absolute Gasteiger partial charge is 0.253 e. The van der Waals surface area contributed by atoms with E-state index < -0.39 is 0 Å². The maximum absolute atomic E-state index is 12.6. The van der Waals surface area contributed by atoms with E-state index in [1.165, 1.54) is 0 Å². The van der Waals surface area contributed by atoms with Crippen LogP contribution in [0.3, 0.4) is 0 Å². The average Bonchev–Trinajstić information content (AvgIpc) is 3.29. The molecule has 2 aromatic rings. The number of benzene rings is 1. The summed E-state index contributed by atoms with van der Waals surface area (Å²) in [5.41, 5.74) is 2.22. The molecule has 2 amide bonds. The number of nitrogens with zero attached hydrogens (tertiary/aromatic N) is 4. The molecule has 0 radical (unpaired) electrons. The van der Waals surface area contributed by atoms with Gasteiger partial charge >= 0.3 is 0 Å². The molecule has 3 heterocycles. The molecule has 1 atom stereocenters. The van der Waals surface area contributed by atoms with Crippen LogP contribution in [0.2, 0.25) is 0 Å². The Hall–Kier alpha value is -3.18. The number of fused-ring (bicyclic) bond motifs is 1. The predicted molar refractivity (Wildman–Crippen MR) is 119 cm³/mol. The first-order valence-electron chi connectivity index (χ1n) is 10.9. The van der Waals surface area contributed by atoms with Gasteiger partial charge in [0, 0.05) is 50.0 Å². The first-order chi connectivity index (χ1) is 15.1. The van der Waals surface area contributed by atoms with Crippen LogP contribution >= 0.6 is 0 Å². The molecule has 162 valence electrons. The summed E-state index contributed by atoms with van der Waals surface area (Å²) in [6.07, 6.45) is 5.25. The minimum Gasteiger partial charge on any atom is -0.382 e. The van der Waals surface area contributed by atoms with Crippen molar-refractivity contribution >= 4 is 28.4 Å². The second kappa shape index (κ2) is 9.31. The number of hydrogen-bond donors (Lipinski definition) is 2. The molecule has 2 saturated heterocycles. The maximum atomic E-state index is 12.6. The highest BCUT2D eigenvalue weighted by atomic mass is 16.2. The number of amides is 2.